The minimum atomic E-state index is -0.0459. The smallest absolute Gasteiger partial charge is 0.253 e. The summed E-state index contributed by atoms with van der Waals surface area (Å²) in [4.78, 5) is 25.5. The van der Waals surface area contributed by atoms with Crippen molar-refractivity contribution in [2.75, 3.05) is 27.2 Å². The van der Waals surface area contributed by atoms with Crippen LogP contribution in [0.15, 0.2) is 24.3 Å². The number of hydrogen-bond donors (Lipinski definition) is 2. The Hall–Kier alpha value is -1.59. The number of carbonyl (C=O) groups excluding carboxylic acids is 2. The number of piperidine rings is 1. The van der Waals surface area contributed by atoms with Gasteiger partial charge in [0.1, 0.15) is 0 Å². The monoisotopic (exact) mass is 339 g/mol. The van der Waals surface area contributed by atoms with Gasteiger partial charge in [-0.2, -0.15) is 0 Å². The number of amides is 2. The fourth-order valence-corrected chi connectivity index (χ4v) is 2.65. The standard InChI is InChI=1S/C17H25N3O2.ClH/c1-20(2)17(22)14-7-5-6-13(12-14)9-11-19-16(21)15-8-3-4-10-18-15;/h5-7,12,15,18H,3-4,8-11H2,1-2H3,(H,19,21);1H. The third kappa shape index (κ3) is 5.84. The van der Waals surface area contributed by atoms with E-state index in [0.717, 1.165) is 37.8 Å². The fourth-order valence-electron chi connectivity index (χ4n) is 2.65. The normalized spacial score (nSPS) is 17.0. The first-order chi connectivity index (χ1) is 10.6. The zero-order valence-corrected chi connectivity index (χ0v) is 14.6. The van der Waals surface area contributed by atoms with Gasteiger partial charge in [0.15, 0.2) is 0 Å². The minimum absolute atomic E-state index is 0. The van der Waals surface area contributed by atoms with Gasteiger partial charge in [-0.05, 0) is 43.5 Å². The molecule has 1 aliphatic rings. The van der Waals surface area contributed by atoms with Gasteiger partial charge in [-0.25, -0.2) is 0 Å². The predicted molar refractivity (Wildman–Crippen MR) is 94.1 cm³/mol. The Balaban J connectivity index is 0.00000264. The van der Waals surface area contributed by atoms with Gasteiger partial charge in [0, 0.05) is 26.2 Å². The molecule has 0 aliphatic carbocycles. The van der Waals surface area contributed by atoms with Crippen LogP contribution >= 0.6 is 12.4 Å². The van der Waals surface area contributed by atoms with Crippen LogP contribution in [-0.4, -0.2) is 49.9 Å². The van der Waals surface area contributed by atoms with Crippen LogP contribution in [0.3, 0.4) is 0 Å². The van der Waals surface area contributed by atoms with Crippen molar-refractivity contribution in [3.05, 3.63) is 35.4 Å². The fraction of sp³-hybridized carbons (Fsp3) is 0.529. The Labute approximate surface area is 144 Å². The molecule has 0 spiro atoms. The molecule has 1 unspecified atom stereocenters. The van der Waals surface area contributed by atoms with E-state index in [0.29, 0.717) is 12.1 Å². The number of benzene rings is 1. The first-order valence-electron chi connectivity index (χ1n) is 7.89. The molecule has 2 N–H and O–H groups in total. The van der Waals surface area contributed by atoms with Crippen LogP contribution in [0.4, 0.5) is 0 Å². The Morgan fingerprint density at radius 1 is 1.30 bits per heavy atom. The van der Waals surface area contributed by atoms with E-state index in [1.807, 2.05) is 24.3 Å². The Morgan fingerprint density at radius 3 is 2.74 bits per heavy atom. The lowest BCUT2D eigenvalue weighted by molar-refractivity contribution is -0.123. The zero-order chi connectivity index (χ0) is 15.9. The SMILES string of the molecule is CN(C)C(=O)c1cccc(CCNC(=O)C2CCCCN2)c1.Cl. The van der Waals surface area contributed by atoms with E-state index in [2.05, 4.69) is 10.6 Å². The molecule has 0 aromatic heterocycles. The quantitative estimate of drug-likeness (QED) is 0.856. The van der Waals surface area contributed by atoms with Crippen molar-refractivity contribution < 1.29 is 9.59 Å². The molecule has 2 rings (SSSR count). The second-order valence-electron chi connectivity index (χ2n) is 5.94. The lowest BCUT2D eigenvalue weighted by Gasteiger charge is -2.22. The highest BCUT2D eigenvalue weighted by Crippen LogP contribution is 2.09. The molecule has 5 nitrogen and oxygen atoms in total. The van der Waals surface area contributed by atoms with Crippen molar-refractivity contribution in [1.29, 1.82) is 0 Å². The van der Waals surface area contributed by atoms with Crippen LogP contribution in [0.5, 0.6) is 0 Å². The van der Waals surface area contributed by atoms with Crippen LogP contribution in [0.25, 0.3) is 0 Å². The molecule has 6 heteroatoms. The molecule has 0 radical (unpaired) electrons. The molecule has 1 aliphatic heterocycles. The van der Waals surface area contributed by atoms with Crippen LogP contribution in [0, 0.1) is 0 Å². The second kappa shape index (κ2) is 9.53. The maximum atomic E-state index is 12.0. The van der Waals surface area contributed by atoms with Crippen molar-refractivity contribution in [2.24, 2.45) is 0 Å². The van der Waals surface area contributed by atoms with Crippen molar-refractivity contribution >= 4 is 24.2 Å². The summed E-state index contributed by atoms with van der Waals surface area (Å²) in [5.41, 5.74) is 1.74. The summed E-state index contributed by atoms with van der Waals surface area (Å²) in [6.45, 7) is 1.52. The van der Waals surface area contributed by atoms with E-state index in [9.17, 15) is 9.59 Å². The third-order valence-corrected chi connectivity index (χ3v) is 3.92. The van der Waals surface area contributed by atoms with Crippen LogP contribution in [0.2, 0.25) is 0 Å². The number of nitrogens with one attached hydrogen (secondary N) is 2. The number of nitrogens with zero attached hydrogens (tertiary/aromatic N) is 1. The molecule has 128 valence electrons. The van der Waals surface area contributed by atoms with Gasteiger partial charge in [-0.1, -0.05) is 18.6 Å². The molecule has 1 heterocycles. The highest BCUT2D eigenvalue weighted by molar-refractivity contribution is 5.94. The number of carbonyl (C=O) groups is 2. The van der Waals surface area contributed by atoms with E-state index >= 15 is 0 Å². The van der Waals surface area contributed by atoms with Gasteiger partial charge in [-0.3, -0.25) is 9.59 Å². The highest BCUT2D eigenvalue weighted by atomic mass is 35.5. The van der Waals surface area contributed by atoms with Crippen molar-refractivity contribution in [1.82, 2.24) is 15.5 Å². The lowest BCUT2D eigenvalue weighted by Crippen LogP contribution is -2.47. The molecule has 1 fully saturated rings. The summed E-state index contributed by atoms with van der Waals surface area (Å²) in [5.74, 6) is 0.0810. The number of hydrogen-bond acceptors (Lipinski definition) is 3. The molecule has 23 heavy (non-hydrogen) atoms. The van der Waals surface area contributed by atoms with Crippen molar-refractivity contribution in [3.63, 3.8) is 0 Å². The van der Waals surface area contributed by atoms with E-state index in [4.69, 9.17) is 0 Å². The highest BCUT2D eigenvalue weighted by Gasteiger charge is 2.19. The van der Waals surface area contributed by atoms with Gasteiger partial charge in [0.25, 0.3) is 5.91 Å². The average Bonchev–Trinajstić information content (AvgIpc) is 2.55. The molecule has 1 aromatic rings. The molecule has 1 aromatic carbocycles. The van der Waals surface area contributed by atoms with Crippen LogP contribution in [-0.2, 0) is 11.2 Å². The topological polar surface area (TPSA) is 61.4 Å². The van der Waals surface area contributed by atoms with Gasteiger partial charge in [-0.15, -0.1) is 12.4 Å². The van der Waals surface area contributed by atoms with Crippen molar-refractivity contribution in [2.45, 2.75) is 31.7 Å². The molecule has 1 atom stereocenters. The van der Waals surface area contributed by atoms with Crippen LogP contribution in [0.1, 0.15) is 35.2 Å². The molecule has 0 bridgehead atoms. The first-order valence-corrected chi connectivity index (χ1v) is 7.89. The Bertz CT molecular complexity index is 528. The third-order valence-electron chi connectivity index (χ3n) is 3.92. The van der Waals surface area contributed by atoms with E-state index in [1.54, 1.807) is 19.0 Å². The van der Waals surface area contributed by atoms with Gasteiger partial charge in [0.05, 0.1) is 6.04 Å². The zero-order valence-electron chi connectivity index (χ0n) is 13.8. The number of rotatable bonds is 5. The molecule has 2 amide bonds. The van der Waals surface area contributed by atoms with E-state index in [1.165, 1.54) is 0 Å². The first kappa shape index (κ1) is 19.5. The Morgan fingerprint density at radius 2 is 2.09 bits per heavy atom. The maximum Gasteiger partial charge on any atom is 0.253 e. The molecule has 1 saturated heterocycles. The molecular weight excluding hydrogens is 314 g/mol. The summed E-state index contributed by atoms with van der Waals surface area (Å²) in [5, 5.41) is 6.22. The summed E-state index contributed by atoms with van der Waals surface area (Å²) >= 11 is 0. The molecule has 0 saturated carbocycles. The maximum absolute atomic E-state index is 12.0. The Kier molecular flexibility index (Phi) is 8.06. The molecular formula is C17H26ClN3O2. The second-order valence-corrected chi connectivity index (χ2v) is 5.94. The largest absolute Gasteiger partial charge is 0.354 e. The van der Waals surface area contributed by atoms with Gasteiger partial charge < -0.3 is 15.5 Å². The van der Waals surface area contributed by atoms with E-state index < -0.39 is 0 Å². The summed E-state index contributed by atoms with van der Waals surface area (Å²) in [7, 11) is 3.48. The van der Waals surface area contributed by atoms with Crippen LogP contribution < -0.4 is 10.6 Å². The minimum Gasteiger partial charge on any atom is -0.354 e. The van der Waals surface area contributed by atoms with Gasteiger partial charge in [0.2, 0.25) is 5.91 Å². The predicted octanol–water partition coefficient (Wildman–Crippen LogP) is 1.61. The summed E-state index contributed by atoms with van der Waals surface area (Å²) < 4.78 is 0. The average molecular weight is 340 g/mol. The van der Waals surface area contributed by atoms with Crippen molar-refractivity contribution in [3.8, 4) is 0 Å². The summed E-state index contributed by atoms with van der Waals surface area (Å²) in [6.07, 6.45) is 3.90. The van der Waals surface area contributed by atoms with E-state index in [-0.39, 0.29) is 30.3 Å². The lowest BCUT2D eigenvalue weighted by atomic mass is 10.0. The number of halogens is 1. The van der Waals surface area contributed by atoms with Gasteiger partial charge >= 0.3 is 0 Å². The summed E-state index contributed by atoms with van der Waals surface area (Å²) in [6, 6.07) is 7.54.